The number of piperazine rings is 1. The van der Waals surface area contributed by atoms with E-state index in [-0.39, 0.29) is 23.5 Å². The van der Waals surface area contributed by atoms with Crippen molar-refractivity contribution in [2.45, 2.75) is 57.0 Å². The second kappa shape index (κ2) is 7.80. The van der Waals surface area contributed by atoms with Gasteiger partial charge in [-0.15, -0.1) is 0 Å². The van der Waals surface area contributed by atoms with Gasteiger partial charge in [-0.05, 0) is 69.3 Å². The fourth-order valence-electron chi connectivity index (χ4n) is 6.68. The minimum absolute atomic E-state index is 0.0797. The summed E-state index contributed by atoms with van der Waals surface area (Å²) in [4.78, 5) is 38.3. The van der Waals surface area contributed by atoms with Gasteiger partial charge in [-0.2, -0.15) is 0 Å². The number of hydrogen-bond acceptors (Lipinski definition) is 6. The molecule has 5 aliphatic rings. The Bertz CT molecular complexity index is 757. The molecule has 1 aromatic heterocycles. The van der Waals surface area contributed by atoms with Crippen molar-refractivity contribution in [3.05, 3.63) is 18.5 Å². The highest BCUT2D eigenvalue weighted by Gasteiger charge is 2.51. The summed E-state index contributed by atoms with van der Waals surface area (Å²) in [5.41, 5.74) is -0.0797. The van der Waals surface area contributed by atoms with E-state index in [1.54, 1.807) is 18.5 Å². The molecule has 1 aromatic rings. The first kappa shape index (κ1) is 19.7. The van der Waals surface area contributed by atoms with Crippen LogP contribution in [0.3, 0.4) is 0 Å². The summed E-state index contributed by atoms with van der Waals surface area (Å²) in [7, 11) is 0. The first-order valence-corrected chi connectivity index (χ1v) is 11.4. The van der Waals surface area contributed by atoms with Gasteiger partial charge in [0.05, 0.1) is 6.04 Å². The predicted octanol–water partition coefficient (Wildman–Crippen LogP) is 1.78. The van der Waals surface area contributed by atoms with Gasteiger partial charge >= 0.3 is 6.03 Å². The predicted molar refractivity (Wildman–Crippen MR) is 113 cm³/mol. The third kappa shape index (κ3) is 3.89. The van der Waals surface area contributed by atoms with Crippen molar-refractivity contribution in [2.24, 2.45) is 17.8 Å². The molecule has 1 atom stereocenters. The summed E-state index contributed by atoms with van der Waals surface area (Å²) in [6, 6.07) is 1.15. The van der Waals surface area contributed by atoms with Crippen molar-refractivity contribution in [1.82, 2.24) is 25.5 Å². The van der Waals surface area contributed by atoms with Gasteiger partial charge in [-0.1, -0.05) is 0 Å². The molecule has 3 amide bonds. The number of anilines is 1. The van der Waals surface area contributed by atoms with E-state index in [1.165, 1.54) is 19.3 Å². The molecule has 0 aromatic carbocycles. The van der Waals surface area contributed by atoms with Gasteiger partial charge in [-0.25, -0.2) is 14.8 Å². The second-order valence-electron chi connectivity index (χ2n) is 9.89. The molecule has 1 aliphatic heterocycles. The van der Waals surface area contributed by atoms with Crippen LogP contribution in [0, 0.1) is 17.8 Å². The van der Waals surface area contributed by atoms with E-state index in [2.05, 4.69) is 30.4 Å². The highest BCUT2D eigenvalue weighted by atomic mass is 16.2. The van der Waals surface area contributed by atoms with Gasteiger partial charge in [-0.3, -0.25) is 15.0 Å². The molecule has 8 heteroatoms. The highest BCUT2D eigenvalue weighted by Crippen LogP contribution is 2.55. The van der Waals surface area contributed by atoms with Gasteiger partial charge in [0.25, 0.3) is 0 Å². The average Bonchev–Trinajstić information content (AvgIpc) is 2.72. The molecule has 2 N–H and O–H groups in total. The Hall–Kier alpha value is -2.22. The van der Waals surface area contributed by atoms with E-state index >= 15 is 0 Å². The quantitative estimate of drug-likeness (QED) is 0.784. The van der Waals surface area contributed by atoms with Gasteiger partial charge in [0.1, 0.15) is 0 Å². The topological polar surface area (TPSA) is 90.5 Å². The molecule has 4 bridgehead atoms. The van der Waals surface area contributed by atoms with Crippen LogP contribution in [-0.4, -0.2) is 64.6 Å². The minimum atomic E-state index is -0.342. The van der Waals surface area contributed by atoms with Crippen molar-refractivity contribution in [1.29, 1.82) is 0 Å². The van der Waals surface area contributed by atoms with Gasteiger partial charge in [0, 0.05) is 44.1 Å². The molecule has 4 saturated carbocycles. The summed E-state index contributed by atoms with van der Waals surface area (Å²) in [5, 5.41) is 5.85. The number of imide groups is 1. The lowest BCUT2D eigenvalue weighted by Crippen LogP contribution is -2.63. The number of aromatic nitrogens is 2. The Morgan fingerprint density at radius 3 is 2.13 bits per heavy atom. The third-order valence-electron chi connectivity index (χ3n) is 7.73. The van der Waals surface area contributed by atoms with Crippen molar-refractivity contribution >= 4 is 17.9 Å². The van der Waals surface area contributed by atoms with Crippen LogP contribution in [0.5, 0.6) is 0 Å². The zero-order valence-electron chi connectivity index (χ0n) is 17.7. The molecule has 1 unspecified atom stereocenters. The van der Waals surface area contributed by atoms with Gasteiger partial charge in [0.2, 0.25) is 11.9 Å². The molecule has 2 heterocycles. The van der Waals surface area contributed by atoms with E-state index in [4.69, 9.17) is 0 Å². The molecule has 8 nitrogen and oxygen atoms in total. The maximum atomic E-state index is 12.7. The lowest BCUT2D eigenvalue weighted by Gasteiger charge is -2.56. The van der Waals surface area contributed by atoms with E-state index in [0.29, 0.717) is 0 Å². The first-order chi connectivity index (χ1) is 14.5. The number of hydrogen-bond donors (Lipinski definition) is 2. The first-order valence-electron chi connectivity index (χ1n) is 11.4. The van der Waals surface area contributed by atoms with Crippen LogP contribution < -0.4 is 15.5 Å². The molecular weight excluding hydrogens is 380 g/mol. The van der Waals surface area contributed by atoms with Gasteiger partial charge < -0.3 is 10.2 Å². The number of rotatable bonds is 4. The number of amides is 3. The van der Waals surface area contributed by atoms with Crippen molar-refractivity contribution in [2.75, 3.05) is 31.1 Å². The third-order valence-corrected chi connectivity index (χ3v) is 7.73. The largest absolute Gasteiger partial charge is 0.338 e. The average molecular weight is 413 g/mol. The van der Waals surface area contributed by atoms with Crippen LogP contribution in [0.25, 0.3) is 0 Å². The second-order valence-corrected chi connectivity index (χ2v) is 9.89. The number of nitrogens with zero attached hydrogens (tertiary/aromatic N) is 4. The fraction of sp³-hybridized carbons (Fsp3) is 0.727. The Labute approximate surface area is 177 Å². The zero-order chi connectivity index (χ0) is 20.7. The fourth-order valence-corrected chi connectivity index (χ4v) is 6.68. The monoisotopic (exact) mass is 412 g/mol. The molecule has 5 fully saturated rings. The molecule has 1 saturated heterocycles. The number of urea groups is 1. The van der Waals surface area contributed by atoms with E-state index < -0.39 is 0 Å². The van der Waals surface area contributed by atoms with Crippen LogP contribution in [-0.2, 0) is 4.79 Å². The maximum absolute atomic E-state index is 12.7. The lowest BCUT2D eigenvalue weighted by atomic mass is 9.53. The Kier molecular flexibility index (Phi) is 5.13. The van der Waals surface area contributed by atoms with E-state index in [0.717, 1.165) is 69.1 Å². The molecule has 4 aliphatic carbocycles. The normalized spacial score (nSPS) is 33.9. The lowest BCUT2D eigenvalue weighted by molar-refractivity contribution is -0.125. The Morgan fingerprint density at radius 2 is 1.57 bits per heavy atom. The smallest absolute Gasteiger partial charge is 0.321 e. The molecule has 162 valence electrons. The number of carbonyl (C=O) groups is 2. The van der Waals surface area contributed by atoms with Crippen molar-refractivity contribution in [3.8, 4) is 0 Å². The Morgan fingerprint density at radius 1 is 1.00 bits per heavy atom. The van der Waals surface area contributed by atoms with E-state index in [9.17, 15) is 9.59 Å². The SMILES string of the molecule is CC(C(=O)NC(=O)NC12CC3CC(CC(C3)C1)C2)N1CCN(c2ncccn2)CC1. The summed E-state index contributed by atoms with van der Waals surface area (Å²) < 4.78 is 0. The molecule has 6 rings (SSSR count). The van der Waals surface area contributed by atoms with Crippen molar-refractivity contribution in [3.63, 3.8) is 0 Å². The van der Waals surface area contributed by atoms with Crippen LogP contribution in [0.1, 0.15) is 45.4 Å². The zero-order valence-corrected chi connectivity index (χ0v) is 17.7. The minimum Gasteiger partial charge on any atom is -0.338 e. The molecule has 0 radical (unpaired) electrons. The summed E-state index contributed by atoms with van der Waals surface area (Å²) in [6.45, 7) is 4.89. The summed E-state index contributed by atoms with van der Waals surface area (Å²) >= 11 is 0. The molecule has 30 heavy (non-hydrogen) atoms. The Balaban J connectivity index is 1.12. The highest BCUT2D eigenvalue weighted by molar-refractivity contribution is 5.97. The van der Waals surface area contributed by atoms with Crippen molar-refractivity contribution < 1.29 is 9.59 Å². The van der Waals surface area contributed by atoms with Crippen LogP contribution in [0.15, 0.2) is 18.5 Å². The summed E-state index contributed by atoms with van der Waals surface area (Å²) in [5.74, 6) is 2.79. The van der Waals surface area contributed by atoms with Crippen LogP contribution in [0.4, 0.5) is 10.7 Å². The van der Waals surface area contributed by atoms with E-state index in [1.807, 2.05) is 6.92 Å². The molecular formula is C22H32N6O2. The number of nitrogens with one attached hydrogen (secondary N) is 2. The van der Waals surface area contributed by atoms with Crippen LogP contribution >= 0.6 is 0 Å². The molecule has 0 spiro atoms. The standard InChI is InChI=1S/C22H32N6O2/c1-15(27-5-7-28(8-6-27)20-23-3-2-4-24-20)19(29)25-21(30)26-22-12-16-9-17(13-22)11-18(10-16)14-22/h2-4,15-18H,5-14H2,1H3,(H2,25,26,29,30). The summed E-state index contributed by atoms with van der Waals surface area (Å²) in [6.07, 6.45) is 10.7. The van der Waals surface area contributed by atoms with Gasteiger partial charge in [0.15, 0.2) is 0 Å². The number of carbonyl (C=O) groups excluding carboxylic acids is 2. The maximum Gasteiger partial charge on any atom is 0.321 e. The van der Waals surface area contributed by atoms with Crippen LogP contribution in [0.2, 0.25) is 0 Å².